The lowest BCUT2D eigenvalue weighted by Crippen LogP contribution is -2.36. The van der Waals surface area contributed by atoms with Gasteiger partial charge in [0, 0.05) is 6.04 Å². The monoisotopic (exact) mass is 249 g/mol. The molecule has 1 aromatic carbocycles. The average Bonchev–Trinajstić information content (AvgIpc) is 2.29. The highest BCUT2D eigenvalue weighted by atomic mass is 16.3. The first-order valence-corrected chi connectivity index (χ1v) is 6.89. The van der Waals surface area contributed by atoms with Crippen molar-refractivity contribution in [2.75, 3.05) is 7.05 Å². The summed E-state index contributed by atoms with van der Waals surface area (Å²) in [5, 5.41) is 13.6. The topological polar surface area (TPSA) is 32.3 Å². The minimum atomic E-state index is -0.442. The van der Waals surface area contributed by atoms with Crippen LogP contribution in [0.3, 0.4) is 0 Å². The van der Waals surface area contributed by atoms with Gasteiger partial charge in [0.15, 0.2) is 0 Å². The molecule has 0 spiro atoms. The maximum absolute atomic E-state index is 10.4. The van der Waals surface area contributed by atoms with Crippen LogP contribution in [-0.2, 0) is 6.42 Å². The van der Waals surface area contributed by atoms with Crippen molar-refractivity contribution < 1.29 is 5.11 Å². The minimum Gasteiger partial charge on any atom is -0.387 e. The van der Waals surface area contributed by atoms with Crippen molar-refractivity contribution >= 4 is 0 Å². The van der Waals surface area contributed by atoms with Crippen molar-refractivity contribution in [3.8, 4) is 0 Å². The third-order valence-corrected chi connectivity index (χ3v) is 3.36. The number of aliphatic hydroxyl groups is 1. The summed E-state index contributed by atoms with van der Waals surface area (Å²) >= 11 is 0. The van der Waals surface area contributed by atoms with Gasteiger partial charge >= 0.3 is 0 Å². The molecule has 0 aliphatic heterocycles. The summed E-state index contributed by atoms with van der Waals surface area (Å²) < 4.78 is 0. The van der Waals surface area contributed by atoms with E-state index in [4.69, 9.17) is 0 Å². The molecule has 1 aromatic rings. The van der Waals surface area contributed by atoms with E-state index in [9.17, 15) is 5.11 Å². The molecule has 0 saturated carbocycles. The SMILES string of the molecule is CNC(C(C)C)C(O)c1ccc(CC(C)C)cc1. The zero-order chi connectivity index (χ0) is 13.7. The van der Waals surface area contributed by atoms with Crippen LogP contribution in [-0.4, -0.2) is 18.2 Å². The summed E-state index contributed by atoms with van der Waals surface area (Å²) in [6.45, 7) is 8.69. The standard InChI is InChI=1S/C16H27NO/c1-11(2)10-13-6-8-14(9-7-13)16(18)15(17-5)12(3)4/h6-9,11-12,15-18H,10H2,1-5H3. The van der Waals surface area contributed by atoms with Gasteiger partial charge in [-0.3, -0.25) is 0 Å². The fraction of sp³-hybridized carbons (Fsp3) is 0.625. The summed E-state index contributed by atoms with van der Waals surface area (Å²) in [6.07, 6.45) is 0.652. The van der Waals surface area contributed by atoms with Crippen LogP contribution in [0.4, 0.5) is 0 Å². The van der Waals surface area contributed by atoms with Gasteiger partial charge < -0.3 is 10.4 Å². The van der Waals surface area contributed by atoms with Gasteiger partial charge in [-0.25, -0.2) is 0 Å². The van der Waals surface area contributed by atoms with Crippen LogP contribution in [0.1, 0.15) is 44.9 Å². The molecule has 0 bridgehead atoms. The molecule has 0 saturated heterocycles. The molecule has 0 aliphatic rings. The summed E-state index contributed by atoms with van der Waals surface area (Å²) in [6, 6.07) is 8.46. The summed E-state index contributed by atoms with van der Waals surface area (Å²) in [5.74, 6) is 1.07. The van der Waals surface area contributed by atoms with E-state index >= 15 is 0 Å². The number of hydrogen-bond donors (Lipinski definition) is 2. The third-order valence-electron chi connectivity index (χ3n) is 3.36. The van der Waals surface area contributed by atoms with Gasteiger partial charge in [-0.15, -0.1) is 0 Å². The summed E-state index contributed by atoms with van der Waals surface area (Å²) in [4.78, 5) is 0. The molecule has 102 valence electrons. The number of aliphatic hydroxyl groups excluding tert-OH is 1. The zero-order valence-corrected chi connectivity index (χ0v) is 12.3. The average molecular weight is 249 g/mol. The van der Waals surface area contributed by atoms with Crippen LogP contribution < -0.4 is 5.32 Å². The molecule has 0 heterocycles. The van der Waals surface area contributed by atoms with Crippen molar-refractivity contribution in [2.24, 2.45) is 11.8 Å². The highest BCUT2D eigenvalue weighted by molar-refractivity contribution is 5.25. The first-order valence-electron chi connectivity index (χ1n) is 6.89. The molecule has 0 radical (unpaired) electrons. The highest BCUT2D eigenvalue weighted by Gasteiger charge is 2.22. The Labute approximate surface area is 111 Å². The minimum absolute atomic E-state index is 0.0981. The smallest absolute Gasteiger partial charge is 0.0945 e. The van der Waals surface area contributed by atoms with Crippen LogP contribution in [0.2, 0.25) is 0 Å². The van der Waals surface area contributed by atoms with Crippen molar-refractivity contribution in [3.05, 3.63) is 35.4 Å². The Hall–Kier alpha value is -0.860. The molecule has 2 unspecified atom stereocenters. The van der Waals surface area contributed by atoms with E-state index in [0.717, 1.165) is 12.0 Å². The molecule has 2 atom stereocenters. The number of likely N-dealkylation sites (N-methyl/N-ethyl adjacent to an activating group) is 1. The van der Waals surface area contributed by atoms with Crippen LogP contribution in [0.5, 0.6) is 0 Å². The maximum atomic E-state index is 10.4. The molecule has 2 N–H and O–H groups in total. The lowest BCUT2D eigenvalue weighted by atomic mass is 9.92. The Balaban J connectivity index is 2.77. The zero-order valence-electron chi connectivity index (χ0n) is 12.3. The number of rotatable bonds is 6. The van der Waals surface area contributed by atoms with Gasteiger partial charge in [0.1, 0.15) is 0 Å². The van der Waals surface area contributed by atoms with Gasteiger partial charge in [0.05, 0.1) is 6.10 Å². The van der Waals surface area contributed by atoms with E-state index in [1.54, 1.807) is 0 Å². The van der Waals surface area contributed by atoms with Crippen LogP contribution in [0.15, 0.2) is 24.3 Å². The molecule has 0 aliphatic carbocycles. The van der Waals surface area contributed by atoms with E-state index in [-0.39, 0.29) is 6.04 Å². The predicted octanol–water partition coefficient (Wildman–Crippen LogP) is 3.16. The summed E-state index contributed by atoms with van der Waals surface area (Å²) in [7, 11) is 1.90. The Morgan fingerprint density at radius 1 is 1.06 bits per heavy atom. The van der Waals surface area contributed by atoms with Crippen molar-refractivity contribution in [1.82, 2.24) is 5.32 Å². The number of hydrogen-bond acceptors (Lipinski definition) is 2. The Kier molecular flexibility index (Phi) is 5.83. The molecule has 0 aromatic heterocycles. The van der Waals surface area contributed by atoms with Crippen molar-refractivity contribution in [3.63, 3.8) is 0 Å². The van der Waals surface area contributed by atoms with Crippen LogP contribution in [0, 0.1) is 11.8 Å². The van der Waals surface area contributed by atoms with Crippen LogP contribution in [0.25, 0.3) is 0 Å². The van der Waals surface area contributed by atoms with E-state index in [1.165, 1.54) is 5.56 Å². The molecule has 18 heavy (non-hydrogen) atoms. The second-order valence-corrected chi connectivity index (χ2v) is 5.84. The molecule has 0 amide bonds. The van der Waals surface area contributed by atoms with Crippen molar-refractivity contribution in [1.29, 1.82) is 0 Å². The van der Waals surface area contributed by atoms with Gasteiger partial charge in [0.2, 0.25) is 0 Å². The van der Waals surface area contributed by atoms with Gasteiger partial charge in [0.25, 0.3) is 0 Å². The molecule has 1 rings (SSSR count). The van der Waals surface area contributed by atoms with E-state index in [2.05, 4.69) is 57.3 Å². The van der Waals surface area contributed by atoms with E-state index in [1.807, 2.05) is 7.05 Å². The molecule has 0 fully saturated rings. The first-order chi connectivity index (χ1) is 8.45. The molecule has 2 nitrogen and oxygen atoms in total. The van der Waals surface area contributed by atoms with E-state index in [0.29, 0.717) is 11.8 Å². The second kappa shape index (κ2) is 6.91. The van der Waals surface area contributed by atoms with Crippen LogP contribution >= 0.6 is 0 Å². The quantitative estimate of drug-likeness (QED) is 0.811. The third kappa shape index (κ3) is 4.11. The molecule has 2 heteroatoms. The first kappa shape index (κ1) is 15.2. The number of benzene rings is 1. The van der Waals surface area contributed by atoms with Crippen molar-refractivity contribution in [2.45, 2.75) is 46.3 Å². The van der Waals surface area contributed by atoms with Gasteiger partial charge in [-0.2, -0.15) is 0 Å². The van der Waals surface area contributed by atoms with E-state index < -0.39 is 6.10 Å². The maximum Gasteiger partial charge on any atom is 0.0945 e. The van der Waals surface area contributed by atoms with Gasteiger partial charge in [-0.05, 0) is 36.4 Å². The normalized spacial score (nSPS) is 15.1. The largest absolute Gasteiger partial charge is 0.387 e. The Morgan fingerprint density at radius 2 is 1.61 bits per heavy atom. The second-order valence-electron chi connectivity index (χ2n) is 5.84. The Morgan fingerprint density at radius 3 is 2.00 bits per heavy atom. The fourth-order valence-electron chi connectivity index (χ4n) is 2.39. The predicted molar refractivity (Wildman–Crippen MR) is 77.6 cm³/mol. The lowest BCUT2D eigenvalue weighted by molar-refractivity contribution is 0.110. The highest BCUT2D eigenvalue weighted by Crippen LogP contribution is 2.22. The molecular formula is C16H27NO. The lowest BCUT2D eigenvalue weighted by Gasteiger charge is -2.26. The fourth-order valence-corrected chi connectivity index (χ4v) is 2.39. The summed E-state index contributed by atoms with van der Waals surface area (Å²) in [5.41, 5.74) is 2.34. The Bertz CT molecular complexity index is 343. The van der Waals surface area contributed by atoms with Gasteiger partial charge in [-0.1, -0.05) is 52.0 Å². The number of nitrogens with one attached hydrogen (secondary N) is 1. The molecular weight excluding hydrogens is 222 g/mol.